The Kier molecular flexibility index (Phi) is 5.70. The summed E-state index contributed by atoms with van der Waals surface area (Å²) in [4.78, 5) is 12.1. The Hall–Kier alpha value is -1.46. The average molecular weight is 313 g/mol. The van der Waals surface area contributed by atoms with E-state index in [9.17, 15) is 4.79 Å². The van der Waals surface area contributed by atoms with Crippen molar-refractivity contribution in [1.82, 2.24) is 5.32 Å². The van der Waals surface area contributed by atoms with Crippen LogP contribution in [0.2, 0.25) is 5.02 Å². The van der Waals surface area contributed by atoms with Crippen LogP contribution in [-0.4, -0.2) is 33.2 Å². The molecule has 0 radical (unpaired) electrons. The maximum atomic E-state index is 12.1. The lowest BCUT2D eigenvalue weighted by Gasteiger charge is -2.14. The van der Waals surface area contributed by atoms with Crippen molar-refractivity contribution >= 4 is 23.2 Å². The zero-order chi connectivity index (χ0) is 15.2. The van der Waals surface area contributed by atoms with Crippen molar-refractivity contribution in [3.05, 3.63) is 17.2 Å². The lowest BCUT2D eigenvalue weighted by molar-refractivity contribution is -0.116. The number of methoxy groups -OCH3 is 2. The molecule has 0 aromatic heterocycles. The molecule has 0 saturated carbocycles. The monoisotopic (exact) mass is 312 g/mol. The fraction of sp³-hybridized carbons (Fsp3) is 0.533. The second-order valence-corrected chi connectivity index (χ2v) is 5.54. The topological polar surface area (TPSA) is 59.6 Å². The van der Waals surface area contributed by atoms with Gasteiger partial charge in [-0.25, -0.2) is 0 Å². The van der Waals surface area contributed by atoms with E-state index in [0.717, 1.165) is 25.9 Å². The molecule has 1 unspecified atom stereocenters. The van der Waals surface area contributed by atoms with Gasteiger partial charge in [-0.2, -0.15) is 0 Å². The van der Waals surface area contributed by atoms with Gasteiger partial charge in [-0.3, -0.25) is 4.79 Å². The van der Waals surface area contributed by atoms with Crippen LogP contribution >= 0.6 is 11.6 Å². The fourth-order valence-electron chi connectivity index (χ4n) is 2.47. The van der Waals surface area contributed by atoms with Crippen molar-refractivity contribution in [2.24, 2.45) is 5.92 Å². The molecule has 1 amide bonds. The average Bonchev–Trinajstić information content (AvgIpc) is 2.99. The van der Waals surface area contributed by atoms with Gasteiger partial charge in [-0.1, -0.05) is 11.6 Å². The van der Waals surface area contributed by atoms with Gasteiger partial charge in [0, 0.05) is 18.6 Å². The summed E-state index contributed by atoms with van der Waals surface area (Å²) in [5.41, 5.74) is 0.577. The highest BCUT2D eigenvalue weighted by Crippen LogP contribution is 2.36. The van der Waals surface area contributed by atoms with Gasteiger partial charge >= 0.3 is 0 Å². The summed E-state index contributed by atoms with van der Waals surface area (Å²) < 4.78 is 10.4. The fourth-order valence-corrected chi connectivity index (χ4v) is 2.70. The van der Waals surface area contributed by atoms with Gasteiger partial charge < -0.3 is 20.1 Å². The van der Waals surface area contributed by atoms with Crippen LogP contribution < -0.4 is 20.1 Å². The predicted molar refractivity (Wildman–Crippen MR) is 83.4 cm³/mol. The molecule has 1 fully saturated rings. The highest BCUT2D eigenvalue weighted by molar-refractivity contribution is 6.32. The maximum absolute atomic E-state index is 12.1. The molecule has 0 aliphatic carbocycles. The van der Waals surface area contributed by atoms with Crippen LogP contribution in [0.25, 0.3) is 0 Å². The van der Waals surface area contributed by atoms with Crippen LogP contribution in [0.5, 0.6) is 11.5 Å². The highest BCUT2D eigenvalue weighted by atomic mass is 35.5. The second kappa shape index (κ2) is 7.52. The molecule has 6 heteroatoms. The van der Waals surface area contributed by atoms with Gasteiger partial charge in [0.25, 0.3) is 0 Å². The smallest absolute Gasteiger partial charge is 0.224 e. The van der Waals surface area contributed by atoms with Gasteiger partial charge in [-0.15, -0.1) is 0 Å². The molecule has 2 rings (SSSR count). The summed E-state index contributed by atoms with van der Waals surface area (Å²) in [7, 11) is 3.07. The number of ether oxygens (including phenoxy) is 2. The summed E-state index contributed by atoms with van der Waals surface area (Å²) in [6, 6.07) is 3.31. The number of nitrogens with one attached hydrogen (secondary N) is 2. The van der Waals surface area contributed by atoms with Gasteiger partial charge in [-0.05, 0) is 31.8 Å². The minimum Gasteiger partial charge on any atom is -0.495 e. The lowest BCUT2D eigenvalue weighted by atomic mass is 10.0. The zero-order valence-corrected chi connectivity index (χ0v) is 13.1. The van der Waals surface area contributed by atoms with E-state index in [1.165, 1.54) is 14.2 Å². The molecule has 1 atom stereocenters. The largest absolute Gasteiger partial charge is 0.495 e. The van der Waals surface area contributed by atoms with Gasteiger partial charge in [0.2, 0.25) is 5.91 Å². The molecule has 1 aliphatic heterocycles. The van der Waals surface area contributed by atoms with Crippen molar-refractivity contribution in [2.75, 3.05) is 32.6 Å². The zero-order valence-electron chi connectivity index (χ0n) is 12.4. The molecule has 116 valence electrons. The molecule has 1 aromatic carbocycles. The van der Waals surface area contributed by atoms with Crippen LogP contribution in [0, 0.1) is 5.92 Å². The normalized spacial score (nSPS) is 17.6. The minimum atomic E-state index is -0.0235. The summed E-state index contributed by atoms with van der Waals surface area (Å²) in [5, 5.41) is 6.62. The number of amides is 1. The number of halogens is 1. The van der Waals surface area contributed by atoms with Gasteiger partial charge in [0.05, 0.1) is 24.9 Å². The Morgan fingerprint density at radius 3 is 2.76 bits per heavy atom. The molecular weight excluding hydrogens is 292 g/mol. The standard InChI is InChI=1S/C15H21ClN2O3/c1-20-13-8-12(14(21-2)7-11(13)16)18-15(19)4-3-10-5-6-17-9-10/h7-8,10,17H,3-6,9H2,1-2H3,(H,18,19). The summed E-state index contributed by atoms with van der Waals surface area (Å²) in [6.07, 6.45) is 2.54. The first-order chi connectivity index (χ1) is 10.1. The van der Waals surface area contributed by atoms with E-state index in [1.807, 2.05) is 0 Å². The van der Waals surface area contributed by atoms with E-state index < -0.39 is 0 Å². The van der Waals surface area contributed by atoms with Crippen molar-refractivity contribution in [2.45, 2.75) is 19.3 Å². The Morgan fingerprint density at radius 2 is 2.14 bits per heavy atom. The minimum absolute atomic E-state index is 0.0235. The SMILES string of the molecule is COc1cc(NC(=O)CCC2CCNC2)c(OC)cc1Cl. The number of hydrogen-bond donors (Lipinski definition) is 2. The second-order valence-electron chi connectivity index (χ2n) is 5.13. The molecule has 5 nitrogen and oxygen atoms in total. The maximum Gasteiger partial charge on any atom is 0.224 e. The van der Waals surface area contributed by atoms with Gasteiger partial charge in [0.1, 0.15) is 11.5 Å². The van der Waals surface area contributed by atoms with Crippen LogP contribution in [0.4, 0.5) is 5.69 Å². The Labute approximate surface area is 130 Å². The number of anilines is 1. The van der Waals surface area contributed by atoms with E-state index in [0.29, 0.717) is 34.5 Å². The molecule has 0 spiro atoms. The van der Waals surface area contributed by atoms with E-state index in [1.54, 1.807) is 12.1 Å². The number of benzene rings is 1. The molecule has 21 heavy (non-hydrogen) atoms. The molecule has 1 aliphatic rings. The van der Waals surface area contributed by atoms with Crippen LogP contribution in [0.1, 0.15) is 19.3 Å². The van der Waals surface area contributed by atoms with Crippen LogP contribution in [-0.2, 0) is 4.79 Å². The first-order valence-electron chi connectivity index (χ1n) is 7.06. The molecule has 1 aromatic rings. The Balaban J connectivity index is 1.98. The van der Waals surface area contributed by atoms with E-state index in [-0.39, 0.29) is 5.91 Å². The number of carbonyl (C=O) groups is 1. The first-order valence-corrected chi connectivity index (χ1v) is 7.44. The third kappa shape index (κ3) is 4.25. The number of rotatable bonds is 6. The summed E-state index contributed by atoms with van der Waals surface area (Å²) in [6.45, 7) is 2.06. The van der Waals surface area contributed by atoms with Crippen LogP contribution in [0.15, 0.2) is 12.1 Å². The summed E-state index contributed by atoms with van der Waals surface area (Å²) in [5.74, 6) is 1.60. The number of hydrogen-bond acceptors (Lipinski definition) is 4. The van der Waals surface area contributed by atoms with E-state index in [2.05, 4.69) is 10.6 Å². The lowest BCUT2D eigenvalue weighted by Crippen LogP contribution is -2.15. The summed E-state index contributed by atoms with van der Waals surface area (Å²) >= 11 is 6.04. The highest BCUT2D eigenvalue weighted by Gasteiger charge is 2.17. The molecule has 0 bridgehead atoms. The van der Waals surface area contributed by atoms with Gasteiger partial charge in [0.15, 0.2) is 0 Å². The molecule has 2 N–H and O–H groups in total. The Bertz CT molecular complexity index is 502. The van der Waals surface area contributed by atoms with Crippen LogP contribution in [0.3, 0.4) is 0 Å². The first kappa shape index (κ1) is 15.9. The van der Waals surface area contributed by atoms with E-state index in [4.69, 9.17) is 21.1 Å². The van der Waals surface area contributed by atoms with Crippen molar-refractivity contribution in [3.63, 3.8) is 0 Å². The van der Waals surface area contributed by atoms with Crippen molar-refractivity contribution in [1.29, 1.82) is 0 Å². The molecular formula is C15H21ClN2O3. The molecule has 1 saturated heterocycles. The third-order valence-electron chi connectivity index (χ3n) is 3.69. The van der Waals surface area contributed by atoms with Crippen molar-refractivity contribution in [3.8, 4) is 11.5 Å². The van der Waals surface area contributed by atoms with Crippen molar-refractivity contribution < 1.29 is 14.3 Å². The third-order valence-corrected chi connectivity index (χ3v) is 3.99. The number of carbonyl (C=O) groups excluding carboxylic acids is 1. The molecule has 1 heterocycles. The quantitative estimate of drug-likeness (QED) is 0.848. The predicted octanol–water partition coefficient (Wildman–Crippen LogP) is 2.69. The van der Waals surface area contributed by atoms with E-state index >= 15 is 0 Å². The Morgan fingerprint density at radius 1 is 1.38 bits per heavy atom.